The maximum atomic E-state index is 12.4. The minimum absolute atomic E-state index is 0.0235. The van der Waals surface area contributed by atoms with Crippen molar-refractivity contribution in [1.29, 1.82) is 0 Å². The lowest BCUT2D eigenvalue weighted by molar-refractivity contribution is 0.0978. The van der Waals surface area contributed by atoms with Crippen molar-refractivity contribution in [2.45, 2.75) is 6.92 Å². The quantitative estimate of drug-likeness (QED) is 0.253. The largest absolute Gasteiger partial charge is 0.507 e. The average Bonchev–Trinajstić information content (AvgIpc) is 3.12. The number of phenolic OH excluding ortho intramolecular Hbond substituents is 1. The number of aromatic nitrogens is 1. The number of benzene rings is 3. The van der Waals surface area contributed by atoms with Gasteiger partial charge in [0.25, 0.3) is 5.91 Å². The summed E-state index contributed by atoms with van der Waals surface area (Å²) in [5.74, 6) is -0.235. The first-order valence-corrected chi connectivity index (χ1v) is 10.2. The number of amides is 1. The van der Waals surface area contributed by atoms with Crippen LogP contribution >= 0.6 is 35.4 Å². The van der Waals surface area contributed by atoms with Crippen LogP contribution in [-0.2, 0) is 0 Å². The topological polar surface area (TPSA) is 87.4 Å². The maximum Gasteiger partial charge on any atom is 0.258 e. The summed E-state index contributed by atoms with van der Waals surface area (Å²) in [6.45, 7) is 1.88. The number of phenols is 1. The zero-order chi connectivity index (χ0) is 22.1. The molecule has 0 aliphatic heterocycles. The van der Waals surface area contributed by atoms with Gasteiger partial charge >= 0.3 is 0 Å². The van der Waals surface area contributed by atoms with Crippen molar-refractivity contribution in [1.82, 2.24) is 10.3 Å². The Morgan fingerprint density at radius 3 is 2.68 bits per heavy atom. The molecule has 0 aliphatic rings. The second-order valence-corrected chi connectivity index (χ2v) is 8.01. The molecule has 0 saturated carbocycles. The monoisotopic (exact) mass is 471 g/mol. The number of oxazole rings is 1. The third kappa shape index (κ3) is 4.64. The molecule has 0 bridgehead atoms. The van der Waals surface area contributed by atoms with Gasteiger partial charge in [-0.25, -0.2) is 4.98 Å². The molecule has 3 N–H and O–H groups in total. The number of anilines is 1. The van der Waals surface area contributed by atoms with Gasteiger partial charge in [-0.1, -0.05) is 29.3 Å². The second-order valence-electron chi connectivity index (χ2n) is 6.75. The van der Waals surface area contributed by atoms with Gasteiger partial charge in [0.1, 0.15) is 11.3 Å². The number of carbonyl (C=O) groups excluding carboxylic acids is 1. The summed E-state index contributed by atoms with van der Waals surface area (Å²) in [6, 6.07) is 14.9. The molecule has 0 spiro atoms. The molecule has 1 amide bonds. The molecule has 1 aromatic heterocycles. The van der Waals surface area contributed by atoms with Gasteiger partial charge < -0.3 is 14.8 Å². The molecule has 0 fully saturated rings. The molecule has 0 radical (unpaired) electrons. The Morgan fingerprint density at radius 2 is 1.90 bits per heavy atom. The highest BCUT2D eigenvalue weighted by Crippen LogP contribution is 2.33. The van der Waals surface area contributed by atoms with Crippen molar-refractivity contribution in [3.63, 3.8) is 0 Å². The van der Waals surface area contributed by atoms with E-state index in [4.69, 9.17) is 39.8 Å². The van der Waals surface area contributed by atoms with E-state index in [9.17, 15) is 9.90 Å². The number of halogens is 2. The van der Waals surface area contributed by atoms with E-state index in [1.165, 1.54) is 6.07 Å². The van der Waals surface area contributed by atoms with Crippen LogP contribution in [0.3, 0.4) is 0 Å². The lowest BCUT2D eigenvalue weighted by Crippen LogP contribution is -2.34. The van der Waals surface area contributed by atoms with Crippen molar-refractivity contribution in [2.75, 3.05) is 5.32 Å². The Labute approximate surface area is 192 Å². The van der Waals surface area contributed by atoms with E-state index in [2.05, 4.69) is 15.6 Å². The molecule has 1 heterocycles. The number of aryl methyl sites for hydroxylation is 1. The average molecular weight is 472 g/mol. The number of nitrogens with zero attached hydrogens (tertiary/aromatic N) is 1. The Morgan fingerprint density at radius 1 is 1.10 bits per heavy atom. The van der Waals surface area contributed by atoms with Crippen molar-refractivity contribution < 1.29 is 14.3 Å². The fourth-order valence-electron chi connectivity index (χ4n) is 2.94. The van der Waals surface area contributed by atoms with Crippen LogP contribution in [0, 0.1) is 6.92 Å². The number of hydrogen-bond acceptors (Lipinski definition) is 5. The molecule has 0 aliphatic carbocycles. The summed E-state index contributed by atoms with van der Waals surface area (Å²) in [5, 5.41) is 16.7. The highest BCUT2D eigenvalue weighted by Gasteiger charge is 2.15. The van der Waals surface area contributed by atoms with Gasteiger partial charge in [-0.15, -0.1) is 0 Å². The summed E-state index contributed by atoms with van der Waals surface area (Å²) in [7, 11) is 0. The minimum atomic E-state index is -0.433. The van der Waals surface area contributed by atoms with Gasteiger partial charge in [-0.2, -0.15) is 0 Å². The molecule has 6 nitrogen and oxygen atoms in total. The SMILES string of the molecule is Cc1ccc(C(=O)NC(=S)Nc2ccc(O)c(-c3nc4cc(Cl)ccc4o3)c2)c(Cl)c1. The van der Waals surface area contributed by atoms with Crippen LogP contribution in [0.25, 0.3) is 22.6 Å². The Bertz CT molecular complexity index is 1340. The van der Waals surface area contributed by atoms with Crippen LogP contribution in [0.15, 0.2) is 59.0 Å². The zero-order valence-corrected chi connectivity index (χ0v) is 18.4. The molecule has 0 saturated heterocycles. The molecule has 4 aromatic rings. The molecule has 9 heteroatoms. The van der Waals surface area contributed by atoms with Gasteiger partial charge in [0.2, 0.25) is 5.89 Å². The standard InChI is InChI=1S/C22H15Cl2N3O3S/c1-11-2-5-14(16(24)8-11)20(29)27-22(31)25-13-4-6-18(28)15(10-13)21-26-17-9-12(23)3-7-19(17)30-21/h2-10,28H,1H3,(H2,25,27,29,31). The fourth-order valence-corrected chi connectivity index (χ4v) is 3.64. The predicted molar refractivity (Wildman–Crippen MR) is 126 cm³/mol. The lowest BCUT2D eigenvalue weighted by atomic mass is 10.1. The van der Waals surface area contributed by atoms with Crippen LogP contribution < -0.4 is 10.6 Å². The van der Waals surface area contributed by atoms with Gasteiger partial charge in [0.05, 0.1) is 16.1 Å². The third-order valence-electron chi connectivity index (χ3n) is 4.43. The lowest BCUT2D eigenvalue weighted by Gasteiger charge is -2.11. The minimum Gasteiger partial charge on any atom is -0.507 e. The van der Waals surface area contributed by atoms with Crippen molar-refractivity contribution in [3.05, 3.63) is 75.8 Å². The van der Waals surface area contributed by atoms with Crippen molar-refractivity contribution >= 4 is 63.2 Å². The van der Waals surface area contributed by atoms with E-state index in [1.54, 1.807) is 48.5 Å². The van der Waals surface area contributed by atoms with Gasteiger partial charge in [-0.3, -0.25) is 10.1 Å². The Kier molecular flexibility index (Phi) is 5.82. The normalized spacial score (nSPS) is 10.8. The number of thiocarbonyl (C=S) groups is 1. The van der Waals surface area contributed by atoms with Crippen molar-refractivity contribution in [3.8, 4) is 17.2 Å². The number of rotatable bonds is 3. The van der Waals surface area contributed by atoms with Gasteiger partial charge in [0, 0.05) is 10.7 Å². The number of hydrogen-bond donors (Lipinski definition) is 3. The fraction of sp³-hybridized carbons (Fsp3) is 0.0455. The highest BCUT2D eigenvalue weighted by molar-refractivity contribution is 7.80. The third-order valence-corrected chi connectivity index (χ3v) is 5.18. The molecular formula is C22H15Cl2N3O3S. The summed E-state index contributed by atoms with van der Waals surface area (Å²) in [4.78, 5) is 16.8. The van der Waals surface area contributed by atoms with Crippen LogP contribution in [0.1, 0.15) is 15.9 Å². The van der Waals surface area contributed by atoms with Gasteiger partial charge in [0.15, 0.2) is 10.7 Å². The van der Waals surface area contributed by atoms with E-state index < -0.39 is 5.91 Å². The summed E-state index contributed by atoms with van der Waals surface area (Å²) in [6.07, 6.45) is 0. The molecule has 0 atom stereocenters. The van der Waals surface area contributed by atoms with Crippen molar-refractivity contribution in [2.24, 2.45) is 0 Å². The predicted octanol–water partition coefficient (Wildman–Crippen LogP) is 5.94. The van der Waals surface area contributed by atoms with Crippen LogP contribution in [0.4, 0.5) is 5.69 Å². The van der Waals surface area contributed by atoms with E-state index in [-0.39, 0.29) is 16.8 Å². The van der Waals surface area contributed by atoms with Crippen LogP contribution in [0.2, 0.25) is 10.0 Å². The van der Waals surface area contributed by atoms with E-state index in [0.717, 1.165) is 5.56 Å². The van der Waals surface area contributed by atoms with Gasteiger partial charge in [-0.05, 0) is 73.2 Å². The summed E-state index contributed by atoms with van der Waals surface area (Å²) >= 11 is 17.4. The number of fused-ring (bicyclic) bond motifs is 1. The van der Waals surface area contributed by atoms with Crippen LogP contribution in [0.5, 0.6) is 5.75 Å². The van der Waals surface area contributed by atoms with E-state index >= 15 is 0 Å². The van der Waals surface area contributed by atoms with E-state index in [1.807, 2.05) is 6.92 Å². The number of aromatic hydroxyl groups is 1. The molecular weight excluding hydrogens is 457 g/mol. The highest BCUT2D eigenvalue weighted by atomic mass is 35.5. The first-order chi connectivity index (χ1) is 14.8. The Hall–Kier alpha value is -3.13. The summed E-state index contributed by atoms with van der Waals surface area (Å²) < 4.78 is 5.72. The molecule has 3 aromatic carbocycles. The molecule has 31 heavy (non-hydrogen) atoms. The number of nitrogens with one attached hydrogen (secondary N) is 2. The van der Waals surface area contributed by atoms with Crippen LogP contribution in [-0.4, -0.2) is 21.1 Å². The summed E-state index contributed by atoms with van der Waals surface area (Å²) in [5.41, 5.74) is 3.24. The molecule has 4 rings (SSSR count). The first-order valence-electron chi connectivity index (χ1n) is 9.08. The second kappa shape index (κ2) is 8.55. The Balaban J connectivity index is 1.53. The first kappa shape index (κ1) is 21.1. The number of carbonyl (C=O) groups is 1. The zero-order valence-electron chi connectivity index (χ0n) is 16.1. The maximum absolute atomic E-state index is 12.4. The molecule has 0 unspecified atom stereocenters. The smallest absolute Gasteiger partial charge is 0.258 e. The van der Waals surface area contributed by atoms with E-state index in [0.29, 0.717) is 38.0 Å². The molecule has 156 valence electrons.